The number of hydrogen-bond acceptors (Lipinski definition) is 1. The summed E-state index contributed by atoms with van der Waals surface area (Å²) in [5.74, 6) is 1.92. The number of rotatable bonds is 1. The summed E-state index contributed by atoms with van der Waals surface area (Å²) in [6.07, 6.45) is 6.52. The summed E-state index contributed by atoms with van der Waals surface area (Å²) in [5, 5.41) is 0. The average Bonchev–Trinajstić information content (AvgIpc) is 1.67. The third kappa shape index (κ3) is 2.25. The molecule has 0 saturated carbocycles. The molecule has 2 heteroatoms. The first-order valence-corrected chi connectivity index (χ1v) is 2.28. The zero-order valence-electron chi connectivity index (χ0n) is 5.06. The highest BCUT2D eigenvalue weighted by Crippen LogP contribution is 1.81. The first-order valence-electron chi connectivity index (χ1n) is 2.28. The lowest BCUT2D eigenvalue weighted by molar-refractivity contribution is -0.127. The van der Waals surface area contributed by atoms with Gasteiger partial charge in [-0.15, -0.1) is 0 Å². The van der Waals surface area contributed by atoms with E-state index in [1.165, 1.54) is 4.90 Å². The Morgan fingerprint density at radius 1 is 1.75 bits per heavy atom. The normalized spacial score (nSPS) is 7.62. The monoisotopic (exact) mass is 110 g/mol. The van der Waals surface area contributed by atoms with Crippen LogP contribution < -0.4 is 0 Å². The summed E-state index contributed by atoms with van der Waals surface area (Å²) in [7, 11) is 3.30. The van der Waals surface area contributed by atoms with Gasteiger partial charge in [-0.3, -0.25) is 4.79 Å². The Balaban J connectivity index is 3.53. The zero-order valence-corrected chi connectivity index (χ0v) is 5.06. The average molecular weight is 110 g/mol. The van der Waals surface area contributed by atoms with Crippen molar-refractivity contribution >= 4 is 5.91 Å². The quantitative estimate of drug-likeness (QED) is 0.437. The Morgan fingerprint density at radius 3 is 2.38 bits per heavy atom. The molecule has 0 aromatic rings. The van der Waals surface area contributed by atoms with Crippen LogP contribution in [0.3, 0.4) is 0 Å². The SMILES string of the molecule is [C]#CCC(=O)N(C)C. The second kappa shape index (κ2) is 3.09. The highest BCUT2D eigenvalue weighted by atomic mass is 16.2. The van der Waals surface area contributed by atoms with Gasteiger partial charge in [-0.05, 0) is 6.42 Å². The summed E-state index contributed by atoms with van der Waals surface area (Å²) >= 11 is 0. The van der Waals surface area contributed by atoms with Crippen LogP contribution in [0.15, 0.2) is 0 Å². The summed E-state index contributed by atoms with van der Waals surface area (Å²) in [5.41, 5.74) is 0. The van der Waals surface area contributed by atoms with Crippen LogP contribution in [0.4, 0.5) is 0 Å². The van der Waals surface area contributed by atoms with Gasteiger partial charge in [0.1, 0.15) is 0 Å². The van der Waals surface area contributed by atoms with Crippen LogP contribution in [-0.2, 0) is 4.79 Å². The molecule has 0 fully saturated rings. The summed E-state index contributed by atoms with van der Waals surface area (Å²) < 4.78 is 0. The van der Waals surface area contributed by atoms with Crippen molar-refractivity contribution in [2.75, 3.05) is 14.1 Å². The largest absolute Gasteiger partial charge is 0.348 e. The Morgan fingerprint density at radius 2 is 2.25 bits per heavy atom. The molecular weight excluding hydrogens is 102 g/mol. The number of nitrogens with zero attached hydrogens (tertiary/aromatic N) is 1. The summed E-state index contributed by atoms with van der Waals surface area (Å²) in [6.45, 7) is 0. The molecule has 0 aliphatic rings. The first-order chi connectivity index (χ1) is 3.68. The van der Waals surface area contributed by atoms with Crippen molar-refractivity contribution in [1.29, 1.82) is 0 Å². The van der Waals surface area contributed by atoms with Gasteiger partial charge in [-0.1, -0.05) is 5.92 Å². The minimum atomic E-state index is -0.0833. The Hall–Kier alpha value is -0.970. The van der Waals surface area contributed by atoms with Crippen molar-refractivity contribution in [2.24, 2.45) is 0 Å². The summed E-state index contributed by atoms with van der Waals surface area (Å²) in [6, 6.07) is 0. The van der Waals surface area contributed by atoms with Crippen LogP contribution >= 0.6 is 0 Å². The zero-order chi connectivity index (χ0) is 6.57. The molecule has 0 aromatic heterocycles. The lowest BCUT2D eigenvalue weighted by Gasteiger charge is -2.05. The molecule has 43 valence electrons. The van der Waals surface area contributed by atoms with E-state index in [1.807, 2.05) is 5.92 Å². The molecule has 2 nitrogen and oxygen atoms in total. The van der Waals surface area contributed by atoms with Crippen molar-refractivity contribution in [3.05, 3.63) is 6.42 Å². The number of carbonyl (C=O) groups is 1. The predicted molar refractivity (Wildman–Crippen MR) is 30.4 cm³/mol. The van der Waals surface area contributed by atoms with E-state index in [0.29, 0.717) is 0 Å². The molecule has 0 N–H and O–H groups in total. The molecule has 0 unspecified atom stereocenters. The topological polar surface area (TPSA) is 20.3 Å². The van der Waals surface area contributed by atoms with E-state index in [-0.39, 0.29) is 12.3 Å². The Kier molecular flexibility index (Phi) is 2.71. The molecule has 1 amide bonds. The van der Waals surface area contributed by atoms with E-state index in [9.17, 15) is 4.79 Å². The van der Waals surface area contributed by atoms with E-state index in [2.05, 4.69) is 0 Å². The highest BCUT2D eigenvalue weighted by molar-refractivity contribution is 5.77. The van der Waals surface area contributed by atoms with E-state index in [0.717, 1.165) is 0 Å². The van der Waals surface area contributed by atoms with Gasteiger partial charge >= 0.3 is 0 Å². The second-order valence-corrected chi connectivity index (χ2v) is 1.64. The molecule has 0 bridgehead atoms. The lowest BCUT2D eigenvalue weighted by Crippen LogP contribution is -2.20. The second-order valence-electron chi connectivity index (χ2n) is 1.64. The maximum absolute atomic E-state index is 10.5. The lowest BCUT2D eigenvalue weighted by atomic mass is 10.4. The van der Waals surface area contributed by atoms with Gasteiger partial charge in [0.2, 0.25) is 5.91 Å². The standard InChI is InChI=1S/C6H8NO/c1-4-5-6(8)7(2)3/h5H2,2-3H3. The van der Waals surface area contributed by atoms with Crippen LogP contribution in [0, 0.1) is 12.3 Å². The fourth-order valence-electron chi connectivity index (χ4n) is 0.234. The number of amides is 1. The van der Waals surface area contributed by atoms with Gasteiger partial charge in [0.25, 0.3) is 0 Å². The van der Waals surface area contributed by atoms with Crippen molar-refractivity contribution in [3.63, 3.8) is 0 Å². The third-order valence-electron chi connectivity index (χ3n) is 0.738. The minimum absolute atomic E-state index is 0.0833. The number of hydrogen-bond donors (Lipinski definition) is 0. The van der Waals surface area contributed by atoms with Gasteiger partial charge < -0.3 is 4.90 Å². The minimum Gasteiger partial charge on any atom is -0.348 e. The van der Waals surface area contributed by atoms with E-state index >= 15 is 0 Å². The maximum atomic E-state index is 10.5. The number of carbonyl (C=O) groups excluding carboxylic acids is 1. The van der Waals surface area contributed by atoms with E-state index in [4.69, 9.17) is 6.42 Å². The van der Waals surface area contributed by atoms with Gasteiger partial charge in [0.05, 0.1) is 6.42 Å². The molecular formula is C6H8NO. The molecule has 1 radical (unpaired) electrons. The molecule has 0 rings (SSSR count). The molecule has 0 aromatic carbocycles. The van der Waals surface area contributed by atoms with Crippen LogP contribution in [-0.4, -0.2) is 24.9 Å². The summed E-state index contributed by atoms with van der Waals surface area (Å²) in [4.78, 5) is 11.9. The Labute approximate surface area is 49.5 Å². The van der Waals surface area contributed by atoms with Crippen LogP contribution in [0.5, 0.6) is 0 Å². The van der Waals surface area contributed by atoms with Gasteiger partial charge in [-0.2, -0.15) is 0 Å². The smallest absolute Gasteiger partial charge is 0.234 e. The molecule has 0 atom stereocenters. The van der Waals surface area contributed by atoms with Crippen molar-refractivity contribution in [1.82, 2.24) is 4.90 Å². The van der Waals surface area contributed by atoms with Crippen LogP contribution in [0.1, 0.15) is 6.42 Å². The maximum Gasteiger partial charge on any atom is 0.234 e. The van der Waals surface area contributed by atoms with E-state index < -0.39 is 0 Å². The van der Waals surface area contributed by atoms with E-state index in [1.54, 1.807) is 14.1 Å². The molecule has 8 heavy (non-hydrogen) atoms. The van der Waals surface area contributed by atoms with Crippen LogP contribution in [0.25, 0.3) is 0 Å². The molecule has 0 saturated heterocycles. The van der Waals surface area contributed by atoms with Gasteiger partial charge in [0.15, 0.2) is 0 Å². The van der Waals surface area contributed by atoms with Gasteiger partial charge in [-0.25, -0.2) is 0 Å². The van der Waals surface area contributed by atoms with Crippen molar-refractivity contribution in [3.8, 4) is 5.92 Å². The Bertz CT molecular complexity index is 121. The third-order valence-corrected chi connectivity index (χ3v) is 0.738. The molecule has 0 heterocycles. The fourth-order valence-corrected chi connectivity index (χ4v) is 0.234. The molecule has 0 spiro atoms. The molecule has 0 aliphatic heterocycles. The first kappa shape index (κ1) is 7.03. The highest BCUT2D eigenvalue weighted by Gasteiger charge is 1.97. The van der Waals surface area contributed by atoms with Gasteiger partial charge in [0, 0.05) is 14.1 Å². The van der Waals surface area contributed by atoms with Crippen molar-refractivity contribution in [2.45, 2.75) is 6.42 Å². The molecule has 0 aliphatic carbocycles. The fraction of sp³-hybridized carbons (Fsp3) is 0.500. The van der Waals surface area contributed by atoms with Crippen molar-refractivity contribution < 1.29 is 4.79 Å². The van der Waals surface area contributed by atoms with Crippen LogP contribution in [0.2, 0.25) is 0 Å². The predicted octanol–water partition coefficient (Wildman–Crippen LogP) is 0.0545.